The highest BCUT2D eigenvalue weighted by Crippen LogP contribution is 2.33. The summed E-state index contributed by atoms with van der Waals surface area (Å²) in [5.41, 5.74) is 2.05. The molecule has 5 heteroatoms. The average Bonchev–Trinajstić information content (AvgIpc) is 2.72. The number of ether oxygens (including phenoxy) is 2. The summed E-state index contributed by atoms with van der Waals surface area (Å²) < 4.78 is 13.0. The molecule has 1 unspecified atom stereocenters. The predicted molar refractivity (Wildman–Crippen MR) is 124 cm³/mol. The lowest BCUT2D eigenvalue weighted by Gasteiger charge is -2.29. The first-order chi connectivity index (χ1) is 13.9. The second-order valence-corrected chi connectivity index (χ2v) is 8.97. The summed E-state index contributed by atoms with van der Waals surface area (Å²) in [5, 5.41) is 1.14. The molecule has 0 bridgehead atoms. The molecule has 152 valence electrons. The van der Waals surface area contributed by atoms with Gasteiger partial charge in [-0.2, -0.15) is 0 Å². The van der Waals surface area contributed by atoms with E-state index in [4.69, 9.17) is 32.7 Å². The van der Waals surface area contributed by atoms with Crippen molar-refractivity contribution in [2.45, 2.75) is 32.3 Å². The third-order valence-corrected chi connectivity index (χ3v) is 6.30. The van der Waals surface area contributed by atoms with Gasteiger partial charge < -0.3 is 9.47 Å². The van der Waals surface area contributed by atoms with Crippen LogP contribution in [0.4, 0.5) is 0 Å². The Morgan fingerprint density at radius 2 is 1.66 bits per heavy atom. The molecule has 0 spiro atoms. The van der Waals surface area contributed by atoms with Gasteiger partial charge in [-0.15, -0.1) is 0 Å². The zero-order chi connectivity index (χ0) is 20.9. The molecule has 3 aromatic rings. The first kappa shape index (κ1) is 22.2. The van der Waals surface area contributed by atoms with E-state index in [0.717, 1.165) is 33.5 Å². The largest absolute Gasteiger partial charge is 0.457 e. The molecule has 0 heterocycles. The van der Waals surface area contributed by atoms with Crippen LogP contribution in [-0.4, -0.2) is 6.61 Å². The van der Waals surface area contributed by atoms with Crippen LogP contribution in [0.1, 0.15) is 31.4 Å². The molecule has 0 N–H and O–H groups in total. The van der Waals surface area contributed by atoms with Crippen LogP contribution < -0.4 is 4.74 Å². The summed E-state index contributed by atoms with van der Waals surface area (Å²) in [4.78, 5) is 0. The Labute approximate surface area is 190 Å². The topological polar surface area (TPSA) is 18.5 Å². The number of hydrogen-bond acceptors (Lipinski definition) is 2. The van der Waals surface area contributed by atoms with Gasteiger partial charge in [0, 0.05) is 9.89 Å². The fourth-order valence-corrected chi connectivity index (χ4v) is 3.56. The van der Waals surface area contributed by atoms with Crippen molar-refractivity contribution in [2.24, 2.45) is 0 Å². The molecule has 0 radical (unpaired) electrons. The van der Waals surface area contributed by atoms with Gasteiger partial charge in [0.2, 0.25) is 0 Å². The molecule has 3 aromatic carbocycles. The highest BCUT2D eigenvalue weighted by atomic mass is 79.9. The minimum atomic E-state index is -0.139. The zero-order valence-electron chi connectivity index (χ0n) is 16.4. The van der Waals surface area contributed by atoms with Crippen molar-refractivity contribution in [2.75, 3.05) is 6.61 Å². The van der Waals surface area contributed by atoms with E-state index in [1.54, 1.807) is 0 Å². The highest BCUT2D eigenvalue weighted by molar-refractivity contribution is 9.10. The maximum Gasteiger partial charge on any atom is 0.127 e. The Balaban J connectivity index is 1.63. The van der Waals surface area contributed by atoms with E-state index < -0.39 is 0 Å². The van der Waals surface area contributed by atoms with Crippen molar-refractivity contribution in [1.82, 2.24) is 0 Å². The first-order valence-electron chi connectivity index (χ1n) is 9.45. The van der Waals surface area contributed by atoms with Gasteiger partial charge in [0.05, 0.1) is 23.3 Å². The molecule has 2 nitrogen and oxygen atoms in total. The molecule has 0 aliphatic carbocycles. The van der Waals surface area contributed by atoms with Crippen molar-refractivity contribution < 1.29 is 9.47 Å². The number of rotatable bonds is 8. The van der Waals surface area contributed by atoms with Crippen molar-refractivity contribution >= 4 is 39.1 Å². The van der Waals surface area contributed by atoms with E-state index in [2.05, 4.69) is 29.8 Å². The lowest BCUT2D eigenvalue weighted by molar-refractivity contribution is 0.0747. The molecule has 0 amide bonds. The average molecular weight is 494 g/mol. The number of halogens is 3. The zero-order valence-corrected chi connectivity index (χ0v) is 19.5. The SMILES string of the molecule is CCC(C)(COCc1cccc(Oc2ccc(Br)cc2)c1)c1ccc(Cl)c(Cl)c1. The lowest BCUT2D eigenvalue weighted by atomic mass is 9.81. The summed E-state index contributed by atoms with van der Waals surface area (Å²) in [5.74, 6) is 1.58. The fourth-order valence-electron chi connectivity index (χ4n) is 2.99. The fraction of sp³-hybridized carbons (Fsp3) is 0.250. The van der Waals surface area contributed by atoms with Crippen LogP contribution in [0.5, 0.6) is 11.5 Å². The highest BCUT2D eigenvalue weighted by Gasteiger charge is 2.25. The van der Waals surface area contributed by atoms with E-state index in [-0.39, 0.29) is 5.41 Å². The molecule has 1 atom stereocenters. The first-order valence-corrected chi connectivity index (χ1v) is 11.0. The van der Waals surface area contributed by atoms with E-state index in [1.165, 1.54) is 0 Å². The van der Waals surface area contributed by atoms with Gasteiger partial charge in [0.15, 0.2) is 0 Å². The molecule has 29 heavy (non-hydrogen) atoms. The van der Waals surface area contributed by atoms with Crippen LogP contribution in [0, 0.1) is 0 Å². The molecule has 0 aliphatic rings. The van der Waals surface area contributed by atoms with Crippen LogP contribution in [0.15, 0.2) is 71.2 Å². The Morgan fingerprint density at radius 1 is 0.897 bits per heavy atom. The molecule has 0 saturated heterocycles. The molecular weight excluding hydrogens is 471 g/mol. The molecule has 0 fully saturated rings. The third kappa shape index (κ3) is 5.99. The lowest BCUT2D eigenvalue weighted by Crippen LogP contribution is -2.27. The Bertz CT molecular complexity index is 959. The smallest absolute Gasteiger partial charge is 0.127 e. The summed E-state index contributed by atoms with van der Waals surface area (Å²) in [6, 6.07) is 21.5. The Kier molecular flexibility index (Phi) is 7.64. The Morgan fingerprint density at radius 3 is 2.34 bits per heavy atom. The van der Waals surface area contributed by atoms with Gasteiger partial charge in [-0.3, -0.25) is 0 Å². The van der Waals surface area contributed by atoms with E-state index in [0.29, 0.717) is 23.3 Å². The van der Waals surface area contributed by atoms with Crippen LogP contribution in [0.3, 0.4) is 0 Å². The summed E-state index contributed by atoms with van der Waals surface area (Å²) in [6.07, 6.45) is 0.928. The predicted octanol–water partition coefficient (Wildman–Crippen LogP) is 8.43. The monoisotopic (exact) mass is 492 g/mol. The van der Waals surface area contributed by atoms with Crippen LogP contribution in [0.2, 0.25) is 10.0 Å². The van der Waals surface area contributed by atoms with Gasteiger partial charge >= 0.3 is 0 Å². The molecule has 0 saturated carbocycles. The minimum Gasteiger partial charge on any atom is -0.457 e. The van der Waals surface area contributed by atoms with Crippen molar-refractivity contribution in [3.05, 3.63) is 92.4 Å². The van der Waals surface area contributed by atoms with Crippen LogP contribution in [0.25, 0.3) is 0 Å². The second-order valence-electron chi connectivity index (χ2n) is 7.24. The van der Waals surface area contributed by atoms with Crippen molar-refractivity contribution in [3.8, 4) is 11.5 Å². The summed E-state index contributed by atoms with van der Waals surface area (Å²) >= 11 is 15.7. The van der Waals surface area contributed by atoms with Crippen LogP contribution in [-0.2, 0) is 16.8 Å². The molecule has 0 aromatic heterocycles. The quantitative estimate of drug-likeness (QED) is 0.313. The van der Waals surface area contributed by atoms with Gasteiger partial charge in [-0.25, -0.2) is 0 Å². The number of benzene rings is 3. The molecular formula is C24H23BrCl2O2. The van der Waals surface area contributed by atoms with E-state index >= 15 is 0 Å². The minimum absolute atomic E-state index is 0.139. The summed E-state index contributed by atoms with van der Waals surface area (Å²) in [7, 11) is 0. The third-order valence-electron chi connectivity index (χ3n) is 5.03. The maximum atomic E-state index is 6.21. The summed E-state index contributed by atoms with van der Waals surface area (Å²) in [6.45, 7) is 5.42. The standard InChI is InChI=1S/C24H23BrCl2O2/c1-3-24(2,18-7-12-22(26)23(27)14-18)16-28-15-17-5-4-6-21(13-17)29-20-10-8-19(25)9-11-20/h4-14H,3,15-16H2,1-2H3. The van der Waals surface area contributed by atoms with Crippen molar-refractivity contribution in [1.29, 1.82) is 0 Å². The van der Waals surface area contributed by atoms with Gasteiger partial charge in [-0.1, -0.05) is 71.2 Å². The Hall–Kier alpha value is -1.52. The van der Waals surface area contributed by atoms with Crippen LogP contribution >= 0.6 is 39.1 Å². The normalized spacial score (nSPS) is 13.1. The van der Waals surface area contributed by atoms with Gasteiger partial charge in [-0.05, 0) is 66.1 Å². The van der Waals surface area contributed by atoms with E-state index in [9.17, 15) is 0 Å². The van der Waals surface area contributed by atoms with Crippen molar-refractivity contribution in [3.63, 3.8) is 0 Å². The van der Waals surface area contributed by atoms with Gasteiger partial charge in [0.25, 0.3) is 0 Å². The molecule has 0 aliphatic heterocycles. The van der Waals surface area contributed by atoms with Gasteiger partial charge in [0.1, 0.15) is 11.5 Å². The maximum absolute atomic E-state index is 6.21. The van der Waals surface area contributed by atoms with E-state index in [1.807, 2.05) is 66.7 Å². The molecule has 3 rings (SSSR count). The number of hydrogen-bond donors (Lipinski definition) is 0. The second kappa shape index (κ2) is 9.99.